The van der Waals surface area contributed by atoms with Crippen LogP contribution in [0.25, 0.3) is 0 Å². The van der Waals surface area contributed by atoms with Crippen molar-refractivity contribution in [2.75, 3.05) is 13.2 Å². The Balaban J connectivity index is 2.49. The van der Waals surface area contributed by atoms with E-state index in [9.17, 15) is 9.90 Å². The predicted octanol–water partition coefficient (Wildman–Crippen LogP) is 1.09. The molecule has 0 aliphatic carbocycles. The molecule has 6 heteroatoms. The fraction of sp³-hybridized carbons (Fsp3) is 0.667. The Morgan fingerprint density at radius 1 is 1.61 bits per heavy atom. The van der Waals surface area contributed by atoms with E-state index in [1.807, 2.05) is 13.8 Å². The number of hydrogen-bond donors (Lipinski definition) is 3. The molecule has 0 fully saturated rings. The molecule has 1 rings (SSSR count). The number of hydrogen-bond acceptors (Lipinski definition) is 5. The summed E-state index contributed by atoms with van der Waals surface area (Å²) in [7, 11) is 0. The predicted molar refractivity (Wildman–Crippen MR) is 70.7 cm³/mol. The number of rotatable bonds is 7. The Morgan fingerprint density at radius 3 is 2.83 bits per heavy atom. The number of aryl methyl sites for hydroxylation is 1. The largest absolute Gasteiger partial charge is 0.396 e. The van der Waals surface area contributed by atoms with Gasteiger partial charge in [0.15, 0.2) is 0 Å². The molecule has 1 unspecified atom stereocenters. The van der Waals surface area contributed by atoms with Crippen molar-refractivity contribution in [2.45, 2.75) is 38.7 Å². The Kier molecular flexibility index (Phi) is 5.71. The van der Waals surface area contributed by atoms with Gasteiger partial charge in [0, 0.05) is 18.5 Å². The molecule has 18 heavy (non-hydrogen) atoms. The number of aliphatic hydroxyl groups is 2. The molecule has 0 saturated heterocycles. The molecule has 0 bridgehead atoms. The number of amides is 1. The number of carbonyl (C=O) groups excluding carboxylic acids is 1. The van der Waals surface area contributed by atoms with Crippen molar-refractivity contribution in [3.63, 3.8) is 0 Å². The second-order valence-corrected chi connectivity index (χ2v) is 5.40. The van der Waals surface area contributed by atoms with E-state index in [0.717, 1.165) is 5.01 Å². The van der Waals surface area contributed by atoms with Gasteiger partial charge in [0.1, 0.15) is 5.69 Å². The maximum atomic E-state index is 11.8. The van der Waals surface area contributed by atoms with Crippen LogP contribution in [0.1, 0.15) is 41.7 Å². The van der Waals surface area contributed by atoms with Crippen LogP contribution in [0, 0.1) is 6.92 Å². The van der Waals surface area contributed by atoms with Crippen LogP contribution >= 0.6 is 11.3 Å². The first kappa shape index (κ1) is 15.1. The number of aliphatic hydroxyl groups excluding tert-OH is 1. The lowest BCUT2D eigenvalue weighted by Gasteiger charge is -2.26. The maximum absolute atomic E-state index is 11.8. The third-order valence-electron chi connectivity index (χ3n) is 2.89. The first-order valence-corrected chi connectivity index (χ1v) is 6.92. The van der Waals surface area contributed by atoms with Crippen LogP contribution < -0.4 is 5.32 Å². The van der Waals surface area contributed by atoms with Gasteiger partial charge in [0.2, 0.25) is 0 Å². The molecule has 0 radical (unpaired) electrons. The maximum Gasteiger partial charge on any atom is 0.270 e. The molecule has 1 aromatic heterocycles. The summed E-state index contributed by atoms with van der Waals surface area (Å²) >= 11 is 1.42. The summed E-state index contributed by atoms with van der Waals surface area (Å²) in [5.41, 5.74) is -0.568. The second kappa shape index (κ2) is 6.82. The summed E-state index contributed by atoms with van der Waals surface area (Å²) in [5, 5.41) is 24.2. The lowest BCUT2D eigenvalue weighted by atomic mass is 9.94. The fourth-order valence-electron chi connectivity index (χ4n) is 1.60. The molecule has 0 aliphatic heterocycles. The average Bonchev–Trinajstić information content (AvgIpc) is 2.80. The van der Waals surface area contributed by atoms with Gasteiger partial charge in [0.05, 0.1) is 10.6 Å². The molecule has 0 spiro atoms. The van der Waals surface area contributed by atoms with E-state index in [4.69, 9.17) is 5.11 Å². The fourth-order valence-corrected chi connectivity index (χ4v) is 2.19. The van der Waals surface area contributed by atoms with Crippen molar-refractivity contribution in [1.29, 1.82) is 0 Å². The second-order valence-electron chi connectivity index (χ2n) is 4.34. The normalized spacial score (nSPS) is 14.2. The molecule has 102 valence electrons. The van der Waals surface area contributed by atoms with Crippen molar-refractivity contribution < 1.29 is 15.0 Å². The van der Waals surface area contributed by atoms with Gasteiger partial charge in [-0.1, -0.05) is 6.92 Å². The Hall–Kier alpha value is -0.980. The van der Waals surface area contributed by atoms with Gasteiger partial charge in [-0.05, 0) is 26.2 Å². The number of nitrogens with zero attached hydrogens (tertiary/aromatic N) is 1. The molecule has 0 aliphatic rings. The van der Waals surface area contributed by atoms with Gasteiger partial charge in [-0.3, -0.25) is 4.79 Å². The quantitative estimate of drug-likeness (QED) is 0.694. The molecule has 1 amide bonds. The molecule has 3 N–H and O–H groups in total. The molecule has 1 atom stereocenters. The third kappa shape index (κ3) is 4.36. The molecule has 1 aromatic rings. The van der Waals surface area contributed by atoms with Crippen LogP contribution in [0.3, 0.4) is 0 Å². The van der Waals surface area contributed by atoms with Crippen molar-refractivity contribution in [2.24, 2.45) is 0 Å². The smallest absolute Gasteiger partial charge is 0.270 e. The number of nitrogens with one attached hydrogen (secondary N) is 1. The molecule has 1 heterocycles. The summed E-state index contributed by atoms with van der Waals surface area (Å²) in [6, 6.07) is 0. The highest BCUT2D eigenvalue weighted by Gasteiger charge is 2.25. The number of carbonyl (C=O) groups is 1. The van der Waals surface area contributed by atoms with Crippen LogP contribution in [0.2, 0.25) is 0 Å². The zero-order valence-corrected chi connectivity index (χ0v) is 11.6. The van der Waals surface area contributed by atoms with Crippen molar-refractivity contribution in [3.8, 4) is 0 Å². The van der Waals surface area contributed by atoms with Gasteiger partial charge in [0.25, 0.3) is 5.91 Å². The van der Waals surface area contributed by atoms with Crippen molar-refractivity contribution >= 4 is 17.2 Å². The Labute approximate surface area is 111 Å². The zero-order valence-electron chi connectivity index (χ0n) is 10.8. The lowest BCUT2D eigenvalue weighted by molar-refractivity contribution is 0.0212. The highest BCUT2D eigenvalue weighted by Crippen LogP contribution is 2.16. The van der Waals surface area contributed by atoms with E-state index in [1.165, 1.54) is 11.3 Å². The van der Waals surface area contributed by atoms with E-state index >= 15 is 0 Å². The van der Waals surface area contributed by atoms with Crippen LogP contribution in [0.15, 0.2) is 5.38 Å². The minimum atomic E-state index is -0.955. The average molecular weight is 272 g/mol. The SMILES string of the molecule is CCC(O)(CCCO)CNC(=O)c1csc(C)n1. The van der Waals surface area contributed by atoms with E-state index in [-0.39, 0.29) is 19.1 Å². The van der Waals surface area contributed by atoms with E-state index < -0.39 is 5.60 Å². The zero-order chi connectivity index (χ0) is 13.6. The van der Waals surface area contributed by atoms with Gasteiger partial charge < -0.3 is 15.5 Å². The standard InChI is InChI=1S/C12H20N2O3S/c1-3-12(17,5-4-6-15)8-13-11(16)10-7-18-9(2)14-10/h7,15,17H,3-6,8H2,1-2H3,(H,13,16). The van der Waals surface area contributed by atoms with Crippen molar-refractivity contribution in [3.05, 3.63) is 16.1 Å². The summed E-state index contributed by atoms with van der Waals surface area (Å²) < 4.78 is 0. The lowest BCUT2D eigenvalue weighted by Crippen LogP contribution is -2.42. The van der Waals surface area contributed by atoms with E-state index in [1.54, 1.807) is 5.38 Å². The molecule has 5 nitrogen and oxygen atoms in total. The van der Waals surface area contributed by atoms with Crippen LogP contribution in [-0.2, 0) is 0 Å². The number of aromatic nitrogens is 1. The summed E-state index contributed by atoms with van der Waals surface area (Å²) in [6.07, 6.45) is 1.52. The molecular weight excluding hydrogens is 252 g/mol. The van der Waals surface area contributed by atoms with Crippen LogP contribution in [0.5, 0.6) is 0 Å². The van der Waals surface area contributed by atoms with E-state index in [2.05, 4.69) is 10.3 Å². The first-order valence-electron chi connectivity index (χ1n) is 6.04. The highest BCUT2D eigenvalue weighted by atomic mass is 32.1. The van der Waals surface area contributed by atoms with Gasteiger partial charge in [-0.2, -0.15) is 0 Å². The summed E-state index contributed by atoms with van der Waals surface area (Å²) in [6.45, 7) is 3.92. The number of thiazole rings is 1. The first-order chi connectivity index (χ1) is 8.50. The Morgan fingerprint density at radius 2 is 2.33 bits per heavy atom. The molecular formula is C12H20N2O3S. The van der Waals surface area contributed by atoms with Gasteiger partial charge >= 0.3 is 0 Å². The highest BCUT2D eigenvalue weighted by molar-refractivity contribution is 7.09. The van der Waals surface area contributed by atoms with Crippen LogP contribution in [-0.4, -0.2) is 39.9 Å². The van der Waals surface area contributed by atoms with E-state index in [0.29, 0.717) is 25.0 Å². The Bertz CT molecular complexity index is 394. The van der Waals surface area contributed by atoms with Crippen molar-refractivity contribution in [1.82, 2.24) is 10.3 Å². The minimum absolute atomic E-state index is 0.0432. The van der Waals surface area contributed by atoms with Crippen LogP contribution in [0.4, 0.5) is 0 Å². The third-order valence-corrected chi connectivity index (χ3v) is 3.66. The molecule has 0 saturated carbocycles. The summed E-state index contributed by atoms with van der Waals surface area (Å²) in [4.78, 5) is 15.9. The topological polar surface area (TPSA) is 82.5 Å². The molecule has 0 aromatic carbocycles. The summed E-state index contributed by atoms with van der Waals surface area (Å²) in [5.74, 6) is -0.268. The van der Waals surface area contributed by atoms with Gasteiger partial charge in [-0.25, -0.2) is 4.98 Å². The van der Waals surface area contributed by atoms with Gasteiger partial charge in [-0.15, -0.1) is 11.3 Å². The monoisotopic (exact) mass is 272 g/mol. The minimum Gasteiger partial charge on any atom is -0.396 e.